The number of fused-ring (bicyclic) bond motifs is 1. The Morgan fingerprint density at radius 1 is 1.02 bits per heavy atom. The largest absolute Gasteiger partial charge is 0.493 e. The Balaban J connectivity index is 1.87. The van der Waals surface area contributed by atoms with Gasteiger partial charge in [0.2, 0.25) is 0 Å². The van der Waals surface area contributed by atoms with Crippen LogP contribution in [0.25, 0.3) is 6.08 Å². The monoisotopic (exact) mass is 578 g/mol. The maximum atomic E-state index is 13.9. The van der Waals surface area contributed by atoms with Gasteiger partial charge in [-0.25, -0.2) is 9.79 Å². The molecule has 0 saturated heterocycles. The van der Waals surface area contributed by atoms with Gasteiger partial charge < -0.3 is 18.9 Å². The molecule has 0 spiro atoms. The molecule has 1 aliphatic heterocycles. The lowest BCUT2D eigenvalue weighted by atomic mass is 9.95. The fraction of sp³-hybridized carbons (Fsp3) is 0.300. The molecule has 1 aromatic heterocycles. The van der Waals surface area contributed by atoms with Crippen LogP contribution >= 0.6 is 11.3 Å². The van der Waals surface area contributed by atoms with Gasteiger partial charge in [0, 0.05) is 13.8 Å². The number of carbonyl (C=O) groups is 3. The molecule has 0 unspecified atom stereocenters. The average molecular weight is 579 g/mol. The Hall–Kier alpha value is -4.51. The molecule has 0 amide bonds. The van der Waals surface area contributed by atoms with Crippen molar-refractivity contribution in [2.24, 2.45) is 10.9 Å². The minimum Gasteiger partial charge on any atom is -0.493 e. The van der Waals surface area contributed by atoms with Crippen LogP contribution in [-0.2, 0) is 19.1 Å². The lowest BCUT2D eigenvalue weighted by molar-refractivity contribution is -0.140. The SMILES string of the molecule is COc1cc([C@H]2C(C(=O)OCC(C)C)=C(C)N=c3s/c(=C/c4ccc(OC(C)=O)cc4)c(=O)n32)ccc1OC(C)=O. The van der Waals surface area contributed by atoms with Crippen molar-refractivity contribution < 1.29 is 33.3 Å². The van der Waals surface area contributed by atoms with Crippen molar-refractivity contribution in [1.29, 1.82) is 0 Å². The van der Waals surface area contributed by atoms with Gasteiger partial charge in [-0.1, -0.05) is 43.4 Å². The second-order valence-electron chi connectivity index (χ2n) is 9.74. The number of esters is 3. The minimum absolute atomic E-state index is 0.106. The summed E-state index contributed by atoms with van der Waals surface area (Å²) >= 11 is 1.18. The first kappa shape index (κ1) is 29.5. The third-order valence-electron chi connectivity index (χ3n) is 5.99. The predicted octanol–water partition coefficient (Wildman–Crippen LogP) is 3.29. The summed E-state index contributed by atoms with van der Waals surface area (Å²) in [4.78, 5) is 55.1. The van der Waals surface area contributed by atoms with E-state index in [9.17, 15) is 19.2 Å². The molecule has 0 bridgehead atoms. The van der Waals surface area contributed by atoms with E-state index < -0.39 is 23.9 Å². The molecule has 0 radical (unpaired) electrons. The fourth-order valence-corrected chi connectivity index (χ4v) is 5.31. The summed E-state index contributed by atoms with van der Waals surface area (Å²) < 4.78 is 23.2. The summed E-state index contributed by atoms with van der Waals surface area (Å²) in [7, 11) is 1.43. The van der Waals surface area contributed by atoms with Crippen LogP contribution in [0.3, 0.4) is 0 Å². The zero-order valence-corrected chi connectivity index (χ0v) is 24.4. The van der Waals surface area contributed by atoms with Gasteiger partial charge in [-0.3, -0.25) is 19.0 Å². The minimum atomic E-state index is -0.875. The Labute approximate surface area is 240 Å². The topological polar surface area (TPSA) is 122 Å². The van der Waals surface area contributed by atoms with E-state index in [1.165, 1.54) is 36.9 Å². The highest BCUT2D eigenvalue weighted by molar-refractivity contribution is 7.07. The lowest BCUT2D eigenvalue weighted by Crippen LogP contribution is -2.40. The van der Waals surface area contributed by atoms with Crippen LogP contribution in [0.5, 0.6) is 17.2 Å². The molecule has 11 heteroatoms. The summed E-state index contributed by atoms with van der Waals surface area (Å²) in [6, 6.07) is 10.7. The third-order valence-corrected chi connectivity index (χ3v) is 6.97. The summed E-state index contributed by atoms with van der Waals surface area (Å²) in [5, 5.41) is 0. The maximum Gasteiger partial charge on any atom is 0.338 e. The number of rotatable bonds is 8. The third kappa shape index (κ3) is 6.63. The standard InChI is InChI=1S/C30H30N2O8S/c1-16(2)15-38-29(36)26-17(3)31-30-32(27(26)21-9-12-23(40-19(5)34)24(14-21)37-6)28(35)25(41-30)13-20-7-10-22(11-8-20)39-18(4)33/h7-14,16,27H,15H2,1-6H3/b25-13+/t27-/m0/s1. The van der Waals surface area contributed by atoms with Crippen molar-refractivity contribution in [3.05, 3.63) is 84.5 Å². The van der Waals surface area contributed by atoms with Gasteiger partial charge in [-0.15, -0.1) is 0 Å². The lowest BCUT2D eigenvalue weighted by Gasteiger charge is -2.25. The smallest absolute Gasteiger partial charge is 0.338 e. The fourth-order valence-electron chi connectivity index (χ4n) is 4.26. The molecule has 1 atom stereocenters. The van der Waals surface area contributed by atoms with Crippen LogP contribution in [0.4, 0.5) is 0 Å². The van der Waals surface area contributed by atoms with Crippen molar-refractivity contribution in [3.63, 3.8) is 0 Å². The summed E-state index contributed by atoms with van der Waals surface area (Å²) in [6.45, 7) is 8.36. The summed E-state index contributed by atoms with van der Waals surface area (Å²) in [6.07, 6.45) is 1.71. The van der Waals surface area contributed by atoms with E-state index in [0.717, 1.165) is 0 Å². The molecule has 0 aliphatic carbocycles. The number of allylic oxidation sites excluding steroid dienone is 1. The van der Waals surface area contributed by atoms with Crippen LogP contribution < -0.4 is 29.1 Å². The number of aromatic nitrogens is 1. The molecule has 10 nitrogen and oxygen atoms in total. The van der Waals surface area contributed by atoms with Gasteiger partial charge in [-0.05, 0) is 54.3 Å². The number of thiazole rings is 1. The van der Waals surface area contributed by atoms with Gasteiger partial charge in [-0.2, -0.15) is 0 Å². The summed E-state index contributed by atoms with van der Waals surface area (Å²) in [5.74, 6) is -0.559. The van der Waals surface area contributed by atoms with Gasteiger partial charge in [0.25, 0.3) is 5.56 Å². The van der Waals surface area contributed by atoms with E-state index in [4.69, 9.17) is 18.9 Å². The zero-order chi connectivity index (χ0) is 29.8. The highest BCUT2D eigenvalue weighted by Crippen LogP contribution is 2.36. The van der Waals surface area contributed by atoms with Gasteiger partial charge in [0.1, 0.15) is 5.75 Å². The number of methoxy groups -OCH3 is 1. The molecular weight excluding hydrogens is 548 g/mol. The van der Waals surface area contributed by atoms with E-state index in [1.807, 2.05) is 13.8 Å². The molecule has 0 N–H and O–H groups in total. The Morgan fingerprint density at radius 3 is 2.32 bits per heavy atom. The Morgan fingerprint density at radius 2 is 1.71 bits per heavy atom. The van der Waals surface area contributed by atoms with E-state index in [-0.39, 0.29) is 35.2 Å². The molecule has 2 heterocycles. The first-order valence-electron chi connectivity index (χ1n) is 12.8. The molecule has 3 aromatic rings. The van der Waals surface area contributed by atoms with E-state index in [0.29, 0.717) is 31.9 Å². The number of hydrogen-bond donors (Lipinski definition) is 0. The van der Waals surface area contributed by atoms with E-state index >= 15 is 0 Å². The molecule has 2 aromatic carbocycles. The highest BCUT2D eigenvalue weighted by atomic mass is 32.1. The van der Waals surface area contributed by atoms with Crippen LogP contribution in [-0.4, -0.2) is 36.2 Å². The van der Waals surface area contributed by atoms with Crippen LogP contribution in [0, 0.1) is 5.92 Å². The number of ether oxygens (including phenoxy) is 4. The van der Waals surface area contributed by atoms with Gasteiger partial charge in [0.15, 0.2) is 16.3 Å². The molecule has 0 fully saturated rings. The van der Waals surface area contributed by atoms with E-state index in [2.05, 4.69) is 4.99 Å². The van der Waals surface area contributed by atoms with Crippen LogP contribution in [0.1, 0.15) is 51.8 Å². The van der Waals surface area contributed by atoms with Crippen molar-refractivity contribution in [1.82, 2.24) is 4.57 Å². The maximum absolute atomic E-state index is 13.9. The number of benzene rings is 2. The van der Waals surface area contributed by atoms with Crippen molar-refractivity contribution in [3.8, 4) is 17.2 Å². The van der Waals surface area contributed by atoms with Gasteiger partial charge >= 0.3 is 17.9 Å². The van der Waals surface area contributed by atoms with Crippen molar-refractivity contribution in [2.45, 2.75) is 40.7 Å². The molecule has 4 rings (SSSR count). The average Bonchev–Trinajstić information content (AvgIpc) is 3.21. The van der Waals surface area contributed by atoms with E-state index in [1.54, 1.807) is 55.5 Å². The quantitative estimate of drug-likeness (QED) is 0.295. The van der Waals surface area contributed by atoms with Crippen molar-refractivity contribution >= 4 is 35.3 Å². The highest BCUT2D eigenvalue weighted by Gasteiger charge is 2.34. The molecule has 1 aliphatic rings. The summed E-state index contributed by atoms with van der Waals surface area (Å²) in [5.41, 5.74) is 1.54. The second kappa shape index (κ2) is 12.3. The van der Waals surface area contributed by atoms with Gasteiger partial charge in [0.05, 0.1) is 35.6 Å². The zero-order valence-electron chi connectivity index (χ0n) is 23.5. The molecule has 214 valence electrons. The number of carbonyl (C=O) groups excluding carboxylic acids is 3. The van der Waals surface area contributed by atoms with Crippen LogP contribution in [0.15, 0.2) is 63.5 Å². The number of hydrogen-bond acceptors (Lipinski definition) is 10. The normalized spacial score (nSPS) is 14.8. The molecular formula is C30H30N2O8S. The first-order chi connectivity index (χ1) is 19.5. The molecule has 41 heavy (non-hydrogen) atoms. The predicted molar refractivity (Wildman–Crippen MR) is 152 cm³/mol. The van der Waals surface area contributed by atoms with Crippen LogP contribution in [0.2, 0.25) is 0 Å². The number of nitrogens with zero attached hydrogens (tertiary/aromatic N) is 2. The Kier molecular flexibility index (Phi) is 8.87. The molecule has 0 saturated carbocycles. The Bertz CT molecular complexity index is 1710. The van der Waals surface area contributed by atoms with Crippen molar-refractivity contribution in [2.75, 3.05) is 13.7 Å². The first-order valence-corrected chi connectivity index (χ1v) is 13.6. The second-order valence-corrected chi connectivity index (χ2v) is 10.7.